The summed E-state index contributed by atoms with van der Waals surface area (Å²) in [5.41, 5.74) is 5.25. The van der Waals surface area contributed by atoms with E-state index in [4.69, 9.17) is 4.52 Å². The Labute approximate surface area is 119 Å². The van der Waals surface area contributed by atoms with E-state index < -0.39 is 0 Å². The highest BCUT2D eigenvalue weighted by molar-refractivity contribution is 7.13. The highest BCUT2D eigenvalue weighted by atomic mass is 32.1. The minimum atomic E-state index is 0.557. The monoisotopic (exact) mass is 284 g/mol. The molecule has 4 rings (SSSR count). The van der Waals surface area contributed by atoms with Crippen LogP contribution < -0.4 is 5.32 Å². The molecule has 6 heteroatoms. The zero-order valence-electron chi connectivity index (χ0n) is 10.7. The molecule has 1 aliphatic rings. The Morgan fingerprint density at radius 3 is 3.20 bits per heavy atom. The highest BCUT2D eigenvalue weighted by Crippen LogP contribution is 2.29. The molecular weight excluding hydrogens is 272 g/mol. The lowest BCUT2D eigenvalue weighted by Crippen LogP contribution is -2.11. The van der Waals surface area contributed by atoms with Gasteiger partial charge < -0.3 is 9.84 Å². The number of nitrogens with one attached hydrogen (secondary N) is 1. The second-order valence-electron chi connectivity index (χ2n) is 4.69. The maximum absolute atomic E-state index is 5.36. The lowest BCUT2D eigenvalue weighted by atomic mass is 10.0. The number of anilines is 1. The average molecular weight is 284 g/mol. The first-order valence-electron chi connectivity index (χ1n) is 6.50. The Kier molecular flexibility index (Phi) is 2.74. The van der Waals surface area contributed by atoms with Crippen LogP contribution in [0.1, 0.15) is 12.0 Å². The van der Waals surface area contributed by atoms with Crippen LogP contribution in [0.4, 0.5) is 5.69 Å². The van der Waals surface area contributed by atoms with Crippen LogP contribution in [0.2, 0.25) is 0 Å². The molecule has 3 aromatic rings. The van der Waals surface area contributed by atoms with Gasteiger partial charge in [-0.3, -0.25) is 4.98 Å². The van der Waals surface area contributed by atoms with Crippen molar-refractivity contribution in [3.05, 3.63) is 35.5 Å². The van der Waals surface area contributed by atoms with Crippen LogP contribution >= 0.6 is 11.3 Å². The SMILES string of the molecule is c1ncc(-c2noc(-c3ccc4c(c3)CCCN4)n2)s1. The highest BCUT2D eigenvalue weighted by Gasteiger charge is 2.14. The summed E-state index contributed by atoms with van der Waals surface area (Å²) in [6.07, 6.45) is 3.99. The average Bonchev–Trinajstić information content (AvgIpc) is 3.17. The number of aryl methyl sites for hydroxylation is 1. The summed E-state index contributed by atoms with van der Waals surface area (Å²) in [6, 6.07) is 6.23. The maximum Gasteiger partial charge on any atom is 0.258 e. The van der Waals surface area contributed by atoms with E-state index in [1.165, 1.54) is 22.6 Å². The summed E-state index contributed by atoms with van der Waals surface area (Å²) in [6.45, 7) is 1.04. The molecular formula is C14H12N4OS. The van der Waals surface area contributed by atoms with Gasteiger partial charge in [-0.25, -0.2) is 0 Å². The van der Waals surface area contributed by atoms with Gasteiger partial charge in [-0.2, -0.15) is 4.98 Å². The van der Waals surface area contributed by atoms with E-state index in [9.17, 15) is 0 Å². The van der Waals surface area contributed by atoms with Crippen LogP contribution in [0.25, 0.3) is 22.2 Å². The molecule has 0 amide bonds. The van der Waals surface area contributed by atoms with Gasteiger partial charge in [-0.15, -0.1) is 11.3 Å². The van der Waals surface area contributed by atoms with E-state index >= 15 is 0 Å². The second-order valence-corrected chi connectivity index (χ2v) is 5.58. The Morgan fingerprint density at radius 1 is 1.30 bits per heavy atom. The summed E-state index contributed by atoms with van der Waals surface area (Å²) >= 11 is 1.50. The smallest absolute Gasteiger partial charge is 0.258 e. The number of aromatic nitrogens is 3. The van der Waals surface area contributed by atoms with E-state index in [0.717, 1.165) is 29.8 Å². The normalized spacial score (nSPS) is 13.8. The maximum atomic E-state index is 5.36. The number of benzene rings is 1. The Balaban J connectivity index is 1.71. The molecule has 0 saturated heterocycles. The third kappa shape index (κ3) is 1.98. The molecule has 0 spiro atoms. The largest absolute Gasteiger partial charge is 0.385 e. The van der Waals surface area contributed by atoms with E-state index in [1.807, 2.05) is 6.07 Å². The molecule has 0 saturated carbocycles. The van der Waals surface area contributed by atoms with Gasteiger partial charge in [0.2, 0.25) is 5.82 Å². The molecule has 2 aromatic heterocycles. The predicted molar refractivity (Wildman–Crippen MR) is 77.7 cm³/mol. The quantitative estimate of drug-likeness (QED) is 0.782. The van der Waals surface area contributed by atoms with Crippen LogP contribution in [0.15, 0.2) is 34.4 Å². The molecule has 1 aromatic carbocycles. The van der Waals surface area contributed by atoms with E-state index in [0.29, 0.717) is 11.7 Å². The molecule has 0 atom stereocenters. The fourth-order valence-electron chi connectivity index (χ4n) is 2.37. The van der Waals surface area contributed by atoms with Crippen LogP contribution in [0.5, 0.6) is 0 Å². The van der Waals surface area contributed by atoms with E-state index in [-0.39, 0.29) is 0 Å². The first-order valence-corrected chi connectivity index (χ1v) is 7.38. The van der Waals surface area contributed by atoms with Gasteiger partial charge in [-0.1, -0.05) is 5.16 Å². The van der Waals surface area contributed by atoms with Crippen molar-refractivity contribution < 1.29 is 4.52 Å². The molecule has 0 aliphatic carbocycles. The van der Waals surface area contributed by atoms with Gasteiger partial charge in [0.15, 0.2) is 0 Å². The Hall–Kier alpha value is -2.21. The fraction of sp³-hybridized carbons (Fsp3) is 0.214. The van der Waals surface area contributed by atoms with Crippen LogP contribution in [0.3, 0.4) is 0 Å². The fourth-order valence-corrected chi connectivity index (χ4v) is 2.92. The minimum Gasteiger partial charge on any atom is -0.385 e. The molecule has 0 unspecified atom stereocenters. The van der Waals surface area contributed by atoms with Crippen molar-refractivity contribution >= 4 is 17.0 Å². The Bertz CT molecular complexity index is 735. The molecule has 3 heterocycles. The number of thiazole rings is 1. The van der Waals surface area contributed by atoms with E-state index in [2.05, 4.69) is 32.6 Å². The summed E-state index contributed by atoms with van der Waals surface area (Å²) in [7, 11) is 0. The summed E-state index contributed by atoms with van der Waals surface area (Å²) in [5, 5.41) is 7.41. The number of fused-ring (bicyclic) bond motifs is 1. The summed E-state index contributed by atoms with van der Waals surface area (Å²) in [4.78, 5) is 9.39. The van der Waals surface area contributed by atoms with Gasteiger partial charge in [0.1, 0.15) is 0 Å². The summed E-state index contributed by atoms with van der Waals surface area (Å²) in [5.74, 6) is 1.15. The molecule has 5 nitrogen and oxygen atoms in total. The Morgan fingerprint density at radius 2 is 2.30 bits per heavy atom. The lowest BCUT2D eigenvalue weighted by molar-refractivity contribution is 0.432. The molecule has 20 heavy (non-hydrogen) atoms. The van der Waals surface area contributed by atoms with Crippen LogP contribution in [0, 0.1) is 0 Å². The van der Waals surface area contributed by atoms with Gasteiger partial charge in [0.25, 0.3) is 5.89 Å². The molecule has 1 N–H and O–H groups in total. The predicted octanol–water partition coefficient (Wildman–Crippen LogP) is 3.22. The van der Waals surface area contributed by atoms with Crippen molar-refractivity contribution in [2.75, 3.05) is 11.9 Å². The van der Waals surface area contributed by atoms with Crippen molar-refractivity contribution in [1.82, 2.24) is 15.1 Å². The zero-order chi connectivity index (χ0) is 13.4. The minimum absolute atomic E-state index is 0.557. The van der Waals surface area contributed by atoms with Crippen LogP contribution in [-0.4, -0.2) is 21.7 Å². The van der Waals surface area contributed by atoms with Gasteiger partial charge in [0, 0.05) is 24.0 Å². The molecule has 0 radical (unpaired) electrons. The molecule has 100 valence electrons. The van der Waals surface area contributed by atoms with Crippen molar-refractivity contribution in [3.8, 4) is 22.2 Å². The molecule has 0 bridgehead atoms. The standard InChI is InChI=1S/C14H12N4OS/c1-2-9-6-10(3-4-11(9)16-5-1)14-17-13(18-19-14)12-7-15-8-20-12/h3-4,6-8,16H,1-2,5H2. The second kappa shape index (κ2) is 4.72. The van der Waals surface area contributed by atoms with Gasteiger partial charge >= 0.3 is 0 Å². The van der Waals surface area contributed by atoms with Gasteiger partial charge in [0.05, 0.1) is 10.4 Å². The summed E-state index contributed by atoms with van der Waals surface area (Å²) < 4.78 is 5.36. The topological polar surface area (TPSA) is 63.8 Å². The number of hydrogen-bond donors (Lipinski definition) is 1. The number of rotatable bonds is 2. The molecule has 1 aliphatic heterocycles. The zero-order valence-corrected chi connectivity index (χ0v) is 11.5. The first kappa shape index (κ1) is 11.6. The van der Waals surface area contributed by atoms with Crippen molar-refractivity contribution in [2.45, 2.75) is 12.8 Å². The molecule has 0 fully saturated rings. The van der Waals surface area contributed by atoms with Crippen molar-refractivity contribution in [3.63, 3.8) is 0 Å². The first-order chi connectivity index (χ1) is 9.90. The third-order valence-electron chi connectivity index (χ3n) is 3.37. The van der Waals surface area contributed by atoms with Crippen molar-refractivity contribution in [2.24, 2.45) is 0 Å². The number of hydrogen-bond acceptors (Lipinski definition) is 6. The van der Waals surface area contributed by atoms with E-state index in [1.54, 1.807) is 11.7 Å². The van der Waals surface area contributed by atoms with Crippen molar-refractivity contribution in [1.29, 1.82) is 0 Å². The van der Waals surface area contributed by atoms with Crippen LogP contribution in [-0.2, 0) is 6.42 Å². The lowest BCUT2D eigenvalue weighted by Gasteiger charge is -2.17. The number of nitrogens with zero attached hydrogens (tertiary/aromatic N) is 3. The third-order valence-corrected chi connectivity index (χ3v) is 4.14. The van der Waals surface area contributed by atoms with Gasteiger partial charge in [-0.05, 0) is 36.6 Å².